The number of rotatable bonds is 4. The number of nitrogens with one attached hydrogen (secondary N) is 2. The highest BCUT2D eigenvalue weighted by molar-refractivity contribution is 5.68. The summed E-state index contributed by atoms with van der Waals surface area (Å²) in [5, 5.41) is 7.12. The minimum absolute atomic E-state index is 0.0606. The number of nitrogens with two attached hydrogens (primary N) is 1. The Morgan fingerprint density at radius 3 is 2.90 bits per heavy atom. The number of pyridine rings is 2. The molecule has 0 aromatic carbocycles. The highest BCUT2D eigenvalue weighted by Crippen LogP contribution is 2.42. The first-order valence-corrected chi connectivity index (χ1v) is 10.9. The van der Waals surface area contributed by atoms with E-state index in [1.165, 1.54) is 37.7 Å². The number of aromatic nitrogens is 2. The lowest BCUT2D eigenvalue weighted by Gasteiger charge is -2.44. The summed E-state index contributed by atoms with van der Waals surface area (Å²) >= 11 is 0. The Kier molecular flexibility index (Phi) is 4.97. The normalized spacial score (nSPS) is 27.1. The molecule has 2 unspecified atom stereocenters. The van der Waals surface area contributed by atoms with Gasteiger partial charge in [-0.05, 0) is 55.1 Å². The van der Waals surface area contributed by atoms with Crippen LogP contribution in [0.4, 0.5) is 11.5 Å². The van der Waals surface area contributed by atoms with E-state index >= 15 is 0 Å². The second kappa shape index (κ2) is 7.76. The lowest BCUT2D eigenvalue weighted by atomic mass is 9.81. The van der Waals surface area contributed by atoms with Crippen LogP contribution in [0.3, 0.4) is 0 Å². The average Bonchev–Trinajstić information content (AvgIpc) is 3.21. The van der Waals surface area contributed by atoms with E-state index in [2.05, 4.69) is 56.0 Å². The number of anilines is 2. The summed E-state index contributed by atoms with van der Waals surface area (Å²) in [5.41, 5.74) is 10.2. The fourth-order valence-electron chi connectivity index (χ4n) is 5.10. The Bertz CT molecular complexity index is 882. The maximum absolute atomic E-state index is 6.97. The van der Waals surface area contributed by atoms with Crippen molar-refractivity contribution in [3.8, 4) is 0 Å². The zero-order chi connectivity index (χ0) is 19.7. The van der Waals surface area contributed by atoms with Gasteiger partial charge in [-0.25, -0.2) is 4.98 Å². The average molecular weight is 391 g/mol. The minimum Gasteiger partial charge on any atom is -0.367 e. The summed E-state index contributed by atoms with van der Waals surface area (Å²) in [6.07, 6.45) is 17.4. The predicted molar refractivity (Wildman–Crippen MR) is 118 cm³/mol. The van der Waals surface area contributed by atoms with Crippen molar-refractivity contribution < 1.29 is 0 Å². The van der Waals surface area contributed by atoms with Gasteiger partial charge in [0.25, 0.3) is 0 Å². The fraction of sp³-hybridized carbons (Fsp3) is 0.478. The molecule has 0 radical (unpaired) electrons. The number of fused-ring (bicyclic) bond motifs is 1. The second-order valence-electron chi connectivity index (χ2n) is 8.67. The van der Waals surface area contributed by atoms with Gasteiger partial charge in [0.2, 0.25) is 0 Å². The Morgan fingerprint density at radius 1 is 1.17 bits per heavy atom. The van der Waals surface area contributed by atoms with Crippen molar-refractivity contribution in [2.45, 2.75) is 56.1 Å². The lowest BCUT2D eigenvalue weighted by molar-refractivity contribution is 0.374. The van der Waals surface area contributed by atoms with Gasteiger partial charge in [0.1, 0.15) is 5.82 Å². The summed E-state index contributed by atoms with van der Waals surface area (Å²) in [4.78, 5) is 11.2. The topological polar surface area (TPSA) is 79.1 Å². The van der Waals surface area contributed by atoms with Crippen molar-refractivity contribution in [1.82, 2.24) is 15.3 Å². The quantitative estimate of drug-likeness (QED) is 0.742. The zero-order valence-corrected chi connectivity index (χ0v) is 16.8. The Labute approximate surface area is 172 Å². The van der Waals surface area contributed by atoms with Crippen molar-refractivity contribution >= 4 is 17.6 Å². The van der Waals surface area contributed by atoms with Crippen LogP contribution in [0.1, 0.15) is 55.7 Å². The van der Waals surface area contributed by atoms with E-state index in [-0.39, 0.29) is 11.6 Å². The molecule has 2 aromatic heterocycles. The van der Waals surface area contributed by atoms with Crippen LogP contribution < -0.4 is 21.3 Å². The molecule has 0 bridgehead atoms. The van der Waals surface area contributed by atoms with Gasteiger partial charge in [-0.3, -0.25) is 4.98 Å². The molecule has 0 spiro atoms. The molecule has 2 aromatic rings. The van der Waals surface area contributed by atoms with Crippen LogP contribution in [0.25, 0.3) is 6.08 Å². The van der Waals surface area contributed by atoms with Crippen LogP contribution in [-0.4, -0.2) is 34.6 Å². The molecule has 5 rings (SSSR count). The number of hydrogen-bond donors (Lipinski definition) is 3. The van der Waals surface area contributed by atoms with Crippen molar-refractivity contribution in [2.75, 3.05) is 23.3 Å². The molecular formula is C23H30N6. The van der Waals surface area contributed by atoms with Gasteiger partial charge in [-0.2, -0.15) is 0 Å². The summed E-state index contributed by atoms with van der Waals surface area (Å²) in [6.45, 7) is 1.76. The zero-order valence-electron chi connectivity index (χ0n) is 16.8. The molecule has 4 heterocycles. The SMILES string of the molecule is NC1(C2c3ccncc3C=CN2c2ccnc(NC3CCCCC3)c2)CCNC1. The largest absolute Gasteiger partial charge is 0.367 e. The van der Waals surface area contributed by atoms with E-state index in [0.29, 0.717) is 6.04 Å². The third kappa shape index (κ3) is 3.63. The third-order valence-corrected chi connectivity index (χ3v) is 6.64. The van der Waals surface area contributed by atoms with Gasteiger partial charge >= 0.3 is 0 Å². The molecule has 1 saturated heterocycles. The Hall–Kier alpha value is -2.44. The van der Waals surface area contributed by atoms with Gasteiger partial charge in [0.15, 0.2) is 0 Å². The molecule has 3 aliphatic rings. The van der Waals surface area contributed by atoms with E-state index < -0.39 is 0 Å². The van der Waals surface area contributed by atoms with Gasteiger partial charge < -0.3 is 21.3 Å². The number of nitrogens with zero attached hydrogens (tertiary/aromatic N) is 3. The van der Waals surface area contributed by atoms with E-state index in [1.807, 2.05) is 18.6 Å². The first-order valence-electron chi connectivity index (χ1n) is 10.9. The van der Waals surface area contributed by atoms with Crippen LogP contribution in [-0.2, 0) is 0 Å². The summed E-state index contributed by atoms with van der Waals surface area (Å²) in [5.74, 6) is 0.956. The fourth-order valence-corrected chi connectivity index (χ4v) is 5.10. The van der Waals surface area contributed by atoms with Crippen molar-refractivity contribution in [3.63, 3.8) is 0 Å². The molecule has 4 N–H and O–H groups in total. The lowest BCUT2D eigenvalue weighted by Crippen LogP contribution is -2.54. The van der Waals surface area contributed by atoms with Gasteiger partial charge in [0.05, 0.1) is 11.6 Å². The number of hydrogen-bond acceptors (Lipinski definition) is 6. The van der Waals surface area contributed by atoms with Crippen LogP contribution in [0.15, 0.2) is 43.0 Å². The van der Waals surface area contributed by atoms with Crippen molar-refractivity contribution in [2.24, 2.45) is 5.73 Å². The predicted octanol–water partition coefficient (Wildman–Crippen LogP) is 3.44. The third-order valence-electron chi connectivity index (χ3n) is 6.64. The molecule has 1 saturated carbocycles. The summed E-state index contributed by atoms with van der Waals surface area (Å²) in [6, 6.07) is 6.97. The Balaban J connectivity index is 1.48. The highest BCUT2D eigenvalue weighted by Gasteiger charge is 2.43. The van der Waals surface area contributed by atoms with Crippen molar-refractivity contribution in [1.29, 1.82) is 0 Å². The molecule has 152 valence electrons. The van der Waals surface area contributed by atoms with Crippen LogP contribution in [0, 0.1) is 0 Å². The van der Waals surface area contributed by atoms with E-state index in [1.54, 1.807) is 0 Å². The van der Waals surface area contributed by atoms with E-state index in [9.17, 15) is 0 Å². The molecule has 2 fully saturated rings. The molecule has 6 heteroatoms. The summed E-state index contributed by atoms with van der Waals surface area (Å²) in [7, 11) is 0. The van der Waals surface area contributed by atoms with Crippen LogP contribution in [0.5, 0.6) is 0 Å². The summed E-state index contributed by atoms with van der Waals surface area (Å²) < 4.78 is 0. The first kappa shape index (κ1) is 18.6. The van der Waals surface area contributed by atoms with Crippen molar-refractivity contribution in [3.05, 3.63) is 54.1 Å². The molecule has 2 atom stereocenters. The standard InChI is InChI=1S/C23H30N6/c24-23(9-12-26-16-23)22-20-7-10-25-15-17(20)8-13-29(22)19-6-11-27-21(14-19)28-18-4-2-1-3-5-18/h6-8,10-11,13-15,18,22,26H,1-5,9,12,16,24H2,(H,27,28). The maximum Gasteiger partial charge on any atom is 0.128 e. The second-order valence-corrected chi connectivity index (χ2v) is 8.67. The van der Waals surface area contributed by atoms with E-state index in [0.717, 1.165) is 36.6 Å². The molecular weight excluding hydrogens is 360 g/mol. The minimum atomic E-state index is -0.332. The van der Waals surface area contributed by atoms with Gasteiger partial charge in [-0.1, -0.05) is 19.3 Å². The van der Waals surface area contributed by atoms with Crippen LogP contribution >= 0.6 is 0 Å². The van der Waals surface area contributed by atoms with Gasteiger partial charge in [-0.15, -0.1) is 0 Å². The molecule has 1 aliphatic carbocycles. The molecule has 2 aliphatic heterocycles. The van der Waals surface area contributed by atoms with Gasteiger partial charge in [0, 0.05) is 49.1 Å². The van der Waals surface area contributed by atoms with Crippen LogP contribution in [0.2, 0.25) is 0 Å². The first-order chi connectivity index (χ1) is 14.2. The molecule has 0 amide bonds. The Morgan fingerprint density at radius 2 is 2.07 bits per heavy atom. The molecule has 29 heavy (non-hydrogen) atoms. The maximum atomic E-state index is 6.97. The smallest absolute Gasteiger partial charge is 0.128 e. The molecule has 6 nitrogen and oxygen atoms in total. The highest BCUT2D eigenvalue weighted by atomic mass is 15.2. The monoisotopic (exact) mass is 390 g/mol. The van der Waals surface area contributed by atoms with E-state index in [4.69, 9.17) is 5.73 Å².